The van der Waals surface area contributed by atoms with Crippen molar-refractivity contribution in [3.63, 3.8) is 0 Å². The van der Waals surface area contributed by atoms with Crippen molar-refractivity contribution in [3.05, 3.63) is 303 Å². The third kappa shape index (κ3) is 8.51. The van der Waals surface area contributed by atoms with Gasteiger partial charge in [-0.1, -0.05) is 190 Å². The van der Waals surface area contributed by atoms with Crippen LogP contribution in [0, 0.1) is 0 Å². The molecule has 0 amide bonds. The molecule has 0 radical (unpaired) electrons. The molecular weight excluding hydrogens is 973 g/mol. The first-order chi connectivity index (χ1) is 39.5. The van der Waals surface area contributed by atoms with E-state index in [0.717, 1.165) is 89.8 Å². The molecule has 3 aromatic heterocycles. The van der Waals surface area contributed by atoms with Crippen molar-refractivity contribution in [2.75, 3.05) is 14.7 Å². The molecule has 0 aliphatic heterocycles. The Bertz CT molecular complexity index is 4330. The minimum absolute atomic E-state index is 0.425. The molecule has 0 N–H and O–H groups in total. The van der Waals surface area contributed by atoms with Gasteiger partial charge in [-0.2, -0.15) is 0 Å². The summed E-state index contributed by atoms with van der Waals surface area (Å²) in [5.74, 6) is 2.48. The number of anilines is 9. The lowest BCUT2D eigenvalue weighted by Crippen LogP contribution is -2.18. The van der Waals surface area contributed by atoms with Crippen molar-refractivity contribution in [3.8, 4) is 44.5 Å². The molecule has 0 bridgehead atoms. The predicted molar refractivity (Wildman–Crippen MR) is 333 cm³/mol. The maximum atomic E-state index is 5.14. The molecule has 0 fully saturated rings. The van der Waals surface area contributed by atoms with Crippen molar-refractivity contribution in [1.29, 1.82) is 0 Å². The third-order valence-corrected chi connectivity index (χ3v) is 15.8. The highest BCUT2D eigenvalue weighted by Gasteiger charge is 2.38. The Morgan fingerprint density at radius 1 is 0.263 bits per heavy atom. The summed E-state index contributed by atoms with van der Waals surface area (Å²) in [7, 11) is 0. The molecular formula is C74H54N6. The summed E-state index contributed by atoms with van der Waals surface area (Å²) in [6.07, 6.45) is 5.65. The van der Waals surface area contributed by atoms with Crippen LogP contribution in [-0.4, -0.2) is 15.0 Å². The quantitative estimate of drug-likeness (QED) is 0.0898. The molecule has 0 unspecified atom stereocenters. The number of pyridine rings is 3. The zero-order valence-corrected chi connectivity index (χ0v) is 44.4. The summed E-state index contributed by atoms with van der Waals surface area (Å²) < 4.78 is 0. The molecule has 14 rings (SSSR count). The number of benzene rings is 10. The van der Waals surface area contributed by atoms with Crippen LogP contribution in [-0.2, 0) is 5.41 Å². The molecule has 13 aromatic rings. The van der Waals surface area contributed by atoms with Gasteiger partial charge in [-0.05, 0) is 153 Å². The minimum atomic E-state index is -0.425. The molecule has 1 aliphatic carbocycles. The Hall–Kier alpha value is -10.4. The highest BCUT2D eigenvalue weighted by molar-refractivity contribution is 6.24. The van der Waals surface area contributed by atoms with Gasteiger partial charge in [0.25, 0.3) is 0 Å². The molecule has 0 atom stereocenters. The van der Waals surface area contributed by atoms with Crippen LogP contribution in [0.25, 0.3) is 66.1 Å². The molecule has 0 saturated heterocycles. The first-order valence-corrected chi connectivity index (χ1v) is 27.2. The molecule has 80 heavy (non-hydrogen) atoms. The van der Waals surface area contributed by atoms with Gasteiger partial charge in [-0.15, -0.1) is 0 Å². The third-order valence-electron chi connectivity index (χ3n) is 15.8. The number of fused-ring (bicyclic) bond motifs is 5. The number of nitrogens with zero attached hydrogens (tertiary/aromatic N) is 6. The number of aromatic nitrogens is 3. The topological polar surface area (TPSA) is 48.4 Å². The van der Waals surface area contributed by atoms with Crippen molar-refractivity contribution in [1.82, 2.24) is 15.0 Å². The maximum absolute atomic E-state index is 5.14. The lowest BCUT2D eigenvalue weighted by molar-refractivity contribution is 0.661. The average Bonchev–Trinajstić information content (AvgIpc) is 3.55. The summed E-state index contributed by atoms with van der Waals surface area (Å²) in [6, 6.07) is 97.6. The summed E-state index contributed by atoms with van der Waals surface area (Å²) in [4.78, 5) is 22.2. The van der Waals surface area contributed by atoms with E-state index in [-0.39, 0.29) is 0 Å². The van der Waals surface area contributed by atoms with Crippen LogP contribution in [0.2, 0.25) is 0 Å². The van der Waals surface area contributed by atoms with Gasteiger partial charge in [0.15, 0.2) is 0 Å². The van der Waals surface area contributed by atoms with Crippen LogP contribution < -0.4 is 14.7 Å². The van der Waals surface area contributed by atoms with E-state index in [4.69, 9.17) is 15.0 Å². The van der Waals surface area contributed by atoms with E-state index < -0.39 is 5.41 Å². The molecule has 6 heteroatoms. The standard InChI is InChI=1S/C74H54N6/c1-74(2)67-48-60(78(69-28-14-17-45-75-69)57-37-31-54(32-38-57)51-20-6-3-7-21-51)43-44-61(67)64-49-65-66(50-68(64)74)73(80(71-30-16-19-47-77-71)59-41-35-56(36-42-59)53-24-10-5-11-25-53)63-27-13-12-26-62(63)72(65)79(70-29-15-18-46-76-70)58-39-33-55(34-40-58)52-22-8-4-9-23-52/h3-50H,1-2H3. The van der Waals surface area contributed by atoms with Gasteiger partial charge < -0.3 is 0 Å². The Morgan fingerprint density at radius 2 is 0.600 bits per heavy atom. The maximum Gasteiger partial charge on any atom is 0.137 e. The van der Waals surface area contributed by atoms with Gasteiger partial charge >= 0.3 is 0 Å². The van der Waals surface area contributed by atoms with Crippen molar-refractivity contribution >= 4 is 73.1 Å². The lowest BCUT2D eigenvalue weighted by atomic mass is 9.81. The fourth-order valence-electron chi connectivity index (χ4n) is 11.9. The van der Waals surface area contributed by atoms with Crippen molar-refractivity contribution in [2.24, 2.45) is 0 Å². The van der Waals surface area contributed by atoms with E-state index in [9.17, 15) is 0 Å². The van der Waals surface area contributed by atoms with Crippen LogP contribution in [0.5, 0.6) is 0 Å². The van der Waals surface area contributed by atoms with Gasteiger partial charge in [-0.3, -0.25) is 14.7 Å². The van der Waals surface area contributed by atoms with Crippen LogP contribution in [0.1, 0.15) is 25.0 Å². The first-order valence-electron chi connectivity index (χ1n) is 27.2. The zero-order valence-electron chi connectivity index (χ0n) is 44.4. The van der Waals surface area contributed by atoms with E-state index in [1.54, 1.807) is 0 Å². The monoisotopic (exact) mass is 1030 g/mol. The molecule has 3 heterocycles. The van der Waals surface area contributed by atoms with Gasteiger partial charge in [-0.25, -0.2) is 15.0 Å². The Kier molecular flexibility index (Phi) is 12.1. The van der Waals surface area contributed by atoms with E-state index in [2.05, 4.69) is 283 Å². The van der Waals surface area contributed by atoms with Gasteiger partial charge in [0.2, 0.25) is 0 Å². The number of hydrogen-bond acceptors (Lipinski definition) is 6. The Balaban J connectivity index is 1.02. The molecule has 6 nitrogen and oxygen atoms in total. The molecule has 0 saturated carbocycles. The Morgan fingerprint density at radius 3 is 1.01 bits per heavy atom. The largest absolute Gasteiger partial charge is 0.295 e. The fraction of sp³-hybridized carbons (Fsp3) is 0.0405. The normalized spacial score (nSPS) is 12.2. The molecule has 1 aliphatic rings. The van der Waals surface area contributed by atoms with E-state index in [1.807, 2.05) is 36.8 Å². The highest BCUT2D eigenvalue weighted by Crippen LogP contribution is 2.57. The fourth-order valence-corrected chi connectivity index (χ4v) is 11.9. The smallest absolute Gasteiger partial charge is 0.137 e. The minimum Gasteiger partial charge on any atom is -0.295 e. The van der Waals surface area contributed by atoms with Crippen molar-refractivity contribution < 1.29 is 0 Å². The second-order valence-electron chi connectivity index (χ2n) is 20.8. The first kappa shape index (κ1) is 48.0. The van der Waals surface area contributed by atoms with Crippen LogP contribution in [0.15, 0.2) is 292 Å². The van der Waals surface area contributed by atoms with Gasteiger partial charge in [0.1, 0.15) is 17.5 Å². The number of rotatable bonds is 12. The highest BCUT2D eigenvalue weighted by atomic mass is 15.2. The predicted octanol–water partition coefficient (Wildman–Crippen LogP) is 19.9. The van der Waals surface area contributed by atoms with E-state index in [0.29, 0.717) is 0 Å². The van der Waals surface area contributed by atoms with Crippen LogP contribution >= 0.6 is 0 Å². The van der Waals surface area contributed by atoms with Crippen molar-refractivity contribution in [2.45, 2.75) is 19.3 Å². The Labute approximate surface area is 466 Å². The van der Waals surface area contributed by atoms with Gasteiger partial charge in [0, 0.05) is 68.3 Å². The molecule has 10 aromatic carbocycles. The zero-order chi connectivity index (χ0) is 53.6. The molecule has 0 spiro atoms. The van der Waals surface area contributed by atoms with Crippen LogP contribution in [0.3, 0.4) is 0 Å². The summed E-state index contributed by atoms with van der Waals surface area (Å²) >= 11 is 0. The number of hydrogen-bond donors (Lipinski definition) is 0. The summed E-state index contributed by atoms with van der Waals surface area (Å²) in [6.45, 7) is 4.75. The molecule has 380 valence electrons. The second-order valence-corrected chi connectivity index (χ2v) is 20.8. The van der Waals surface area contributed by atoms with E-state index in [1.165, 1.54) is 38.9 Å². The second kappa shape index (κ2) is 20.2. The lowest BCUT2D eigenvalue weighted by Gasteiger charge is -2.32. The average molecular weight is 1030 g/mol. The van der Waals surface area contributed by atoms with Crippen LogP contribution in [0.4, 0.5) is 51.6 Å². The van der Waals surface area contributed by atoms with Gasteiger partial charge in [0.05, 0.1) is 11.4 Å². The summed E-state index contributed by atoms with van der Waals surface area (Å²) in [5.41, 5.74) is 17.6. The SMILES string of the molecule is CC1(C)c2cc(N(c3ccc(-c4ccccc4)cc3)c3ccccn3)ccc2-c2cc3c(N(c4ccc(-c5ccccc5)cc4)c4ccccn4)c4ccccc4c(N(c4ccc(-c5ccccc5)cc4)c4ccccn4)c3cc21. The summed E-state index contributed by atoms with van der Waals surface area (Å²) in [5, 5.41) is 4.33. The van der Waals surface area contributed by atoms with E-state index >= 15 is 0 Å².